The van der Waals surface area contributed by atoms with Gasteiger partial charge in [0.15, 0.2) is 0 Å². The molecule has 3 rings (SSSR count). The second-order valence-electron chi connectivity index (χ2n) is 7.31. The molecule has 0 unspecified atom stereocenters. The Balaban J connectivity index is 1.88. The quantitative estimate of drug-likeness (QED) is 0.828. The number of likely N-dealkylation sites (tertiary alicyclic amines) is 1. The smallest absolute Gasteiger partial charge is 0.272 e. The first-order chi connectivity index (χ1) is 12.0. The maximum absolute atomic E-state index is 13.3. The molecule has 25 heavy (non-hydrogen) atoms. The first-order valence-electron chi connectivity index (χ1n) is 9.30. The maximum atomic E-state index is 13.3. The average molecular weight is 344 g/mol. The Bertz CT molecular complexity index is 732. The second-order valence-corrected chi connectivity index (χ2v) is 7.31. The van der Waals surface area contributed by atoms with Gasteiger partial charge in [-0.2, -0.15) is 5.10 Å². The minimum atomic E-state index is -0.00699. The van der Waals surface area contributed by atoms with Gasteiger partial charge < -0.3 is 9.42 Å². The van der Waals surface area contributed by atoms with E-state index in [0.29, 0.717) is 18.2 Å². The van der Waals surface area contributed by atoms with Crippen LogP contribution >= 0.6 is 0 Å². The van der Waals surface area contributed by atoms with Crippen LogP contribution in [0.3, 0.4) is 0 Å². The number of carbonyl (C=O) groups excluding carboxylic acids is 1. The summed E-state index contributed by atoms with van der Waals surface area (Å²) in [5, 5.41) is 8.78. The average Bonchev–Trinajstić information content (AvgIpc) is 3.19. The third kappa shape index (κ3) is 3.78. The highest BCUT2D eigenvalue weighted by Gasteiger charge is 2.32. The molecular formula is C19H28N4O2. The predicted molar refractivity (Wildman–Crippen MR) is 95.3 cm³/mol. The Hall–Kier alpha value is -2.11. The third-order valence-electron chi connectivity index (χ3n) is 4.72. The molecule has 0 aromatic carbocycles. The molecule has 0 spiro atoms. The zero-order valence-corrected chi connectivity index (χ0v) is 15.7. The van der Waals surface area contributed by atoms with Gasteiger partial charge in [0.25, 0.3) is 5.91 Å². The zero-order valence-electron chi connectivity index (χ0n) is 15.7. The van der Waals surface area contributed by atoms with E-state index in [0.717, 1.165) is 49.4 Å². The van der Waals surface area contributed by atoms with Crippen molar-refractivity contribution in [2.24, 2.45) is 5.92 Å². The van der Waals surface area contributed by atoms with Gasteiger partial charge in [0.05, 0.1) is 11.7 Å². The van der Waals surface area contributed by atoms with Crippen LogP contribution in [0.25, 0.3) is 0 Å². The monoisotopic (exact) mass is 344 g/mol. The summed E-state index contributed by atoms with van der Waals surface area (Å²) in [4.78, 5) is 15.2. The van der Waals surface area contributed by atoms with Crippen molar-refractivity contribution < 1.29 is 9.32 Å². The molecule has 0 bridgehead atoms. The summed E-state index contributed by atoms with van der Waals surface area (Å²) in [7, 11) is 0. The number of hydrogen-bond donors (Lipinski definition) is 0. The predicted octanol–water partition coefficient (Wildman–Crippen LogP) is 3.77. The van der Waals surface area contributed by atoms with Crippen molar-refractivity contribution in [2.75, 3.05) is 6.54 Å². The maximum Gasteiger partial charge on any atom is 0.272 e. The standard InChI is InChI=1S/C19H28N4O2/c1-5-23-18(12-15(20-23)10-13(2)3)19(24)22-9-7-6-8-17(22)16-11-14(4)25-21-16/h11-13,17H,5-10H2,1-4H3/t17-/m1/s1. The Morgan fingerprint density at radius 2 is 2.16 bits per heavy atom. The molecule has 2 aromatic heterocycles. The molecule has 0 radical (unpaired) electrons. The molecule has 6 nitrogen and oxygen atoms in total. The third-order valence-corrected chi connectivity index (χ3v) is 4.72. The molecule has 0 N–H and O–H groups in total. The number of piperidine rings is 1. The summed E-state index contributed by atoms with van der Waals surface area (Å²) in [6.07, 6.45) is 3.94. The fourth-order valence-electron chi connectivity index (χ4n) is 3.57. The molecule has 1 saturated heterocycles. The van der Waals surface area contributed by atoms with Crippen molar-refractivity contribution in [1.82, 2.24) is 19.8 Å². The van der Waals surface area contributed by atoms with Crippen LogP contribution in [0, 0.1) is 12.8 Å². The highest BCUT2D eigenvalue weighted by molar-refractivity contribution is 5.93. The summed E-state index contributed by atoms with van der Waals surface area (Å²) in [6, 6.07) is 3.90. The van der Waals surface area contributed by atoms with Gasteiger partial charge in [0.1, 0.15) is 17.1 Å². The lowest BCUT2D eigenvalue weighted by Gasteiger charge is -2.34. The fraction of sp³-hybridized carbons (Fsp3) is 0.632. The first-order valence-corrected chi connectivity index (χ1v) is 9.30. The van der Waals surface area contributed by atoms with Gasteiger partial charge in [0.2, 0.25) is 0 Å². The van der Waals surface area contributed by atoms with E-state index in [2.05, 4.69) is 24.1 Å². The van der Waals surface area contributed by atoms with Crippen molar-refractivity contribution in [3.05, 3.63) is 35.0 Å². The van der Waals surface area contributed by atoms with Crippen LogP contribution in [-0.4, -0.2) is 32.3 Å². The van der Waals surface area contributed by atoms with E-state index in [1.165, 1.54) is 0 Å². The number of nitrogens with zero attached hydrogens (tertiary/aromatic N) is 4. The molecule has 3 heterocycles. The highest BCUT2D eigenvalue weighted by Crippen LogP contribution is 2.32. The summed E-state index contributed by atoms with van der Waals surface area (Å²) in [5.74, 6) is 1.35. The van der Waals surface area contributed by atoms with Crippen LogP contribution in [0.4, 0.5) is 0 Å². The van der Waals surface area contributed by atoms with Gasteiger partial charge in [0, 0.05) is 19.2 Å². The molecule has 1 aliphatic rings. The number of aryl methyl sites for hydroxylation is 2. The van der Waals surface area contributed by atoms with Crippen LogP contribution in [0.1, 0.15) is 73.7 Å². The molecule has 1 fully saturated rings. The minimum absolute atomic E-state index is 0.00699. The van der Waals surface area contributed by atoms with Crippen molar-refractivity contribution >= 4 is 5.91 Å². The largest absolute Gasteiger partial charge is 0.361 e. The molecule has 2 aromatic rings. The molecule has 1 atom stereocenters. The minimum Gasteiger partial charge on any atom is -0.361 e. The van der Waals surface area contributed by atoms with Crippen LogP contribution < -0.4 is 0 Å². The number of carbonyl (C=O) groups is 1. The van der Waals surface area contributed by atoms with E-state index in [9.17, 15) is 4.79 Å². The van der Waals surface area contributed by atoms with Gasteiger partial charge in [-0.3, -0.25) is 9.48 Å². The van der Waals surface area contributed by atoms with E-state index in [4.69, 9.17) is 4.52 Å². The molecule has 6 heteroatoms. The van der Waals surface area contributed by atoms with Crippen molar-refractivity contribution in [3.8, 4) is 0 Å². The molecule has 136 valence electrons. The van der Waals surface area contributed by atoms with Gasteiger partial charge in [-0.1, -0.05) is 19.0 Å². The molecule has 1 amide bonds. The van der Waals surface area contributed by atoms with Crippen molar-refractivity contribution in [1.29, 1.82) is 0 Å². The first kappa shape index (κ1) is 17.7. The topological polar surface area (TPSA) is 64.2 Å². The van der Waals surface area contributed by atoms with Gasteiger partial charge >= 0.3 is 0 Å². The molecule has 0 saturated carbocycles. The Kier molecular flexibility index (Phi) is 5.25. The normalized spacial score (nSPS) is 18.1. The number of hydrogen-bond acceptors (Lipinski definition) is 4. The van der Waals surface area contributed by atoms with E-state index >= 15 is 0 Å². The zero-order chi connectivity index (χ0) is 18.0. The number of amides is 1. The fourth-order valence-corrected chi connectivity index (χ4v) is 3.57. The summed E-state index contributed by atoms with van der Waals surface area (Å²) in [6.45, 7) is 9.69. The summed E-state index contributed by atoms with van der Waals surface area (Å²) < 4.78 is 7.07. The van der Waals surface area contributed by atoms with Gasteiger partial charge in [-0.05, 0) is 51.5 Å². The molecule has 1 aliphatic heterocycles. The summed E-state index contributed by atoms with van der Waals surface area (Å²) >= 11 is 0. The SMILES string of the molecule is CCn1nc(CC(C)C)cc1C(=O)N1CCCC[C@@H]1c1cc(C)on1. The Morgan fingerprint density at radius 3 is 2.80 bits per heavy atom. The van der Waals surface area contributed by atoms with Crippen LogP contribution in [0.2, 0.25) is 0 Å². The Morgan fingerprint density at radius 1 is 1.36 bits per heavy atom. The summed E-state index contributed by atoms with van der Waals surface area (Å²) in [5.41, 5.74) is 2.53. The van der Waals surface area contributed by atoms with E-state index < -0.39 is 0 Å². The molecular weight excluding hydrogens is 316 g/mol. The van der Waals surface area contributed by atoms with Crippen LogP contribution in [0.5, 0.6) is 0 Å². The molecule has 0 aliphatic carbocycles. The highest BCUT2D eigenvalue weighted by atomic mass is 16.5. The van der Waals surface area contributed by atoms with Gasteiger partial charge in [-0.25, -0.2) is 0 Å². The van der Waals surface area contributed by atoms with Crippen molar-refractivity contribution in [2.45, 2.75) is 66.0 Å². The lowest BCUT2D eigenvalue weighted by atomic mass is 9.98. The second kappa shape index (κ2) is 7.42. The van der Waals surface area contributed by atoms with E-state index in [1.807, 2.05) is 35.6 Å². The lowest BCUT2D eigenvalue weighted by molar-refractivity contribution is 0.0589. The van der Waals surface area contributed by atoms with E-state index in [1.54, 1.807) is 0 Å². The van der Waals surface area contributed by atoms with E-state index in [-0.39, 0.29) is 11.9 Å². The number of rotatable bonds is 5. The Labute approximate surface area is 149 Å². The number of aromatic nitrogens is 3. The van der Waals surface area contributed by atoms with Gasteiger partial charge in [-0.15, -0.1) is 0 Å². The van der Waals surface area contributed by atoms with Crippen molar-refractivity contribution in [3.63, 3.8) is 0 Å². The van der Waals surface area contributed by atoms with Crippen LogP contribution in [-0.2, 0) is 13.0 Å². The van der Waals surface area contributed by atoms with Crippen LogP contribution in [0.15, 0.2) is 16.7 Å². The lowest BCUT2D eigenvalue weighted by Crippen LogP contribution is -2.39.